The Hall–Kier alpha value is -2.55. The molecule has 0 N–H and O–H groups in total. The first-order chi connectivity index (χ1) is 12.2. The highest BCUT2D eigenvalue weighted by Crippen LogP contribution is 2.19. The van der Waals surface area contributed by atoms with Crippen molar-refractivity contribution in [1.29, 1.82) is 0 Å². The van der Waals surface area contributed by atoms with Gasteiger partial charge in [0.15, 0.2) is 5.82 Å². The summed E-state index contributed by atoms with van der Waals surface area (Å²) >= 11 is 0. The molecule has 1 saturated heterocycles. The van der Waals surface area contributed by atoms with Crippen LogP contribution in [-0.2, 0) is 13.0 Å². The zero-order chi connectivity index (χ0) is 17.2. The zero-order valence-electron chi connectivity index (χ0n) is 14.6. The van der Waals surface area contributed by atoms with E-state index < -0.39 is 0 Å². The first-order valence-electron chi connectivity index (χ1n) is 8.69. The molecule has 0 bridgehead atoms. The van der Waals surface area contributed by atoms with Gasteiger partial charge in [-0.05, 0) is 6.42 Å². The highest BCUT2D eigenvalue weighted by atomic mass is 16.5. The summed E-state index contributed by atoms with van der Waals surface area (Å²) < 4.78 is 6.88. The van der Waals surface area contributed by atoms with Crippen molar-refractivity contribution in [3.05, 3.63) is 29.8 Å². The van der Waals surface area contributed by atoms with Crippen molar-refractivity contribution in [3.63, 3.8) is 0 Å². The number of hydrogen-bond donors (Lipinski definition) is 0. The average molecular weight is 342 g/mol. The van der Waals surface area contributed by atoms with Gasteiger partial charge in [-0.2, -0.15) is 19.6 Å². The van der Waals surface area contributed by atoms with Crippen LogP contribution in [0.3, 0.4) is 0 Å². The molecule has 0 aromatic carbocycles. The Labute approximate surface area is 145 Å². The molecule has 4 rings (SSSR count). The van der Waals surface area contributed by atoms with Crippen molar-refractivity contribution in [2.24, 2.45) is 0 Å². The Morgan fingerprint density at radius 3 is 2.72 bits per heavy atom. The summed E-state index contributed by atoms with van der Waals surface area (Å²) in [6, 6.07) is 2.14. The first kappa shape index (κ1) is 15.9. The van der Waals surface area contributed by atoms with Gasteiger partial charge in [0.1, 0.15) is 12.1 Å². The molecule has 25 heavy (non-hydrogen) atoms. The summed E-state index contributed by atoms with van der Waals surface area (Å²) in [4.78, 5) is 17.8. The van der Waals surface area contributed by atoms with Gasteiger partial charge in [0.05, 0.1) is 6.54 Å². The number of hydrogen-bond acceptors (Lipinski definition) is 8. The lowest BCUT2D eigenvalue weighted by Crippen LogP contribution is -2.46. The van der Waals surface area contributed by atoms with E-state index in [2.05, 4.69) is 48.0 Å². The van der Waals surface area contributed by atoms with E-state index in [-0.39, 0.29) is 0 Å². The molecule has 0 atom stereocenters. The fourth-order valence-corrected chi connectivity index (χ4v) is 3.19. The standard InChI is InChI=1S/C16H22N8O/c1-3-4-13-9-15(24-16(20-13)17-11-18-24)23-7-5-22(6-8-23)10-14-19-12(2)25-21-14/h9,11H,3-8,10H2,1-2H3. The summed E-state index contributed by atoms with van der Waals surface area (Å²) in [6.07, 6.45) is 3.58. The molecule has 0 spiro atoms. The van der Waals surface area contributed by atoms with Crippen molar-refractivity contribution in [3.8, 4) is 0 Å². The highest BCUT2D eigenvalue weighted by molar-refractivity contribution is 5.47. The Balaban J connectivity index is 1.48. The quantitative estimate of drug-likeness (QED) is 0.681. The lowest BCUT2D eigenvalue weighted by Gasteiger charge is -2.35. The zero-order valence-corrected chi connectivity index (χ0v) is 14.6. The van der Waals surface area contributed by atoms with E-state index in [1.54, 1.807) is 6.33 Å². The van der Waals surface area contributed by atoms with E-state index in [4.69, 9.17) is 4.52 Å². The van der Waals surface area contributed by atoms with Crippen molar-refractivity contribution in [1.82, 2.24) is 34.6 Å². The lowest BCUT2D eigenvalue weighted by molar-refractivity contribution is 0.239. The minimum Gasteiger partial charge on any atom is -0.354 e. The second-order valence-corrected chi connectivity index (χ2v) is 6.32. The fraction of sp³-hybridized carbons (Fsp3) is 0.562. The van der Waals surface area contributed by atoms with E-state index >= 15 is 0 Å². The van der Waals surface area contributed by atoms with Crippen molar-refractivity contribution >= 4 is 11.6 Å². The molecular formula is C16H22N8O. The maximum Gasteiger partial charge on any atom is 0.254 e. The smallest absolute Gasteiger partial charge is 0.254 e. The summed E-state index contributed by atoms with van der Waals surface area (Å²) in [5.41, 5.74) is 1.07. The molecule has 1 fully saturated rings. The van der Waals surface area contributed by atoms with Crippen LogP contribution in [0.25, 0.3) is 5.78 Å². The Bertz CT molecular complexity index is 849. The summed E-state index contributed by atoms with van der Waals surface area (Å²) in [7, 11) is 0. The number of piperazine rings is 1. The van der Waals surface area contributed by atoms with Crippen LogP contribution < -0.4 is 4.90 Å². The molecule has 0 radical (unpaired) electrons. The molecule has 4 heterocycles. The Morgan fingerprint density at radius 1 is 1.16 bits per heavy atom. The monoisotopic (exact) mass is 342 g/mol. The predicted octanol–water partition coefficient (Wildman–Crippen LogP) is 1.09. The van der Waals surface area contributed by atoms with Gasteiger partial charge in [0.2, 0.25) is 5.89 Å². The summed E-state index contributed by atoms with van der Waals surface area (Å²) in [5.74, 6) is 3.10. The average Bonchev–Trinajstić information content (AvgIpc) is 3.24. The largest absolute Gasteiger partial charge is 0.354 e. The van der Waals surface area contributed by atoms with Gasteiger partial charge in [-0.25, -0.2) is 4.98 Å². The summed E-state index contributed by atoms with van der Waals surface area (Å²) in [6.45, 7) is 8.41. The van der Waals surface area contributed by atoms with Crippen LogP contribution >= 0.6 is 0 Å². The van der Waals surface area contributed by atoms with Crippen LogP contribution in [0.1, 0.15) is 30.8 Å². The van der Waals surface area contributed by atoms with Crippen LogP contribution in [0.2, 0.25) is 0 Å². The SMILES string of the molecule is CCCc1cc(N2CCN(Cc3noc(C)n3)CC2)n2ncnc2n1. The van der Waals surface area contributed by atoms with Crippen molar-refractivity contribution in [2.45, 2.75) is 33.2 Å². The third kappa shape index (κ3) is 3.32. The second-order valence-electron chi connectivity index (χ2n) is 6.32. The molecule has 0 aliphatic carbocycles. The van der Waals surface area contributed by atoms with E-state index in [0.717, 1.165) is 62.9 Å². The molecule has 0 saturated carbocycles. The second kappa shape index (κ2) is 6.75. The fourth-order valence-electron chi connectivity index (χ4n) is 3.19. The molecule has 9 nitrogen and oxygen atoms in total. The topological polar surface area (TPSA) is 88.5 Å². The number of aryl methyl sites for hydroxylation is 2. The molecule has 132 valence electrons. The van der Waals surface area contributed by atoms with Crippen molar-refractivity contribution < 1.29 is 4.52 Å². The summed E-state index contributed by atoms with van der Waals surface area (Å²) in [5, 5.41) is 8.32. The van der Waals surface area contributed by atoms with Gasteiger partial charge < -0.3 is 9.42 Å². The van der Waals surface area contributed by atoms with Crippen LogP contribution in [0, 0.1) is 6.92 Å². The van der Waals surface area contributed by atoms with Crippen LogP contribution in [0.4, 0.5) is 5.82 Å². The molecule has 3 aromatic heterocycles. The molecule has 1 aliphatic rings. The van der Waals surface area contributed by atoms with Gasteiger partial charge >= 0.3 is 0 Å². The minimum absolute atomic E-state index is 0.613. The number of nitrogens with zero attached hydrogens (tertiary/aromatic N) is 8. The predicted molar refractivity (Wildman–Crippen MR) is 91.3 cm³/mol. The molecule has 3 aromatic rings. The normalized spacial score (nSPS) is 16.0. The lowest BCUT2D eigenvalue weighted by atomic mass is 10.2. The Morgan fingerprint density at radius 2 is 2.00 bits per heavy atom. The van der Waals surface area contributed by atoms with Crippen LogP contribution in [-0.4, -0.2) is 60.8 Å². The van der Waals surface area contributed by atoms with Crippen molar-refractivity contribution in [2.75, 3.05) is 31.1 Å². The van der Waals surface area contributed by atoms with E-state index in [1.165, 1.54) is 0 Å². The number of anilines is 1. The van der Waals surface area contributed by atoms with Gasteiger partial charge in [-0.3, -0.25) is 4.90 Å². The van der Waals surface area contributed by atoms with E-state index in [0.29, 0.717) is 11.7 Å². The number of rotatable bonds is 5. The maximum atomic E-state index is 5.05. The number of aromatic nitrogens is 6. The van der Waals surface area contributed by atoms with Crippen LogP contribution in [0.5, 0.6) is 0 Å². The van der Waals surface area contributed by atoms with E-state index in [9.17, 15) is 0 Å². The van der Waals surface area contributed by atoms with Gasteiger partial charge in [0, 0.05) is 44.9 Å². The molecule has 0 unspecified atom stereocenters. The molecule has 1 aliphatic heterocycles. The van der Waals surface area contributed by atoms with E-state index in [1.807, 2.05) is 11.4 Å². The minimum atomic E-state index is 0.613. The van der Waals surface area contributed by atoms with Gasteiger partial charge in [-0.15, -0.1) is 0 Å². The number of fused-ring (bicyclic) bond motifs is 1. The van der Waals surface area contributed by atoms with Gasteiger partial charge in [0.25, 0.3) is 5.78 Å². The third-order valence-electron chi connectivity index (χ3n) is 4.42. The Kier molecular flexibility index (Phi) is 4.31. The molecule has 9 heteroatoms. The van der Waals surface area contributed by atoms with Crippen LogP contribution in [0.15, 0.2) is 16.9 Å². The van der Waals surface area contributed by atoms with Gasteiger partial charge in [-0.1, -0.05) is 18.5 Å². The maximum absolute atomic E-state index is 5.05. The first-order valence-corrected chi connectivity index (χ1v) is 8.69. The highest BCUT2D eigenvalue weighted by Gasteiger charge is 2.21. The molecular weight excluding hydrogens is 320 g/mol. The molecule has 0 amide bonds. The third-order valence-corrected chi connectivity index (χ3v) is 4.42.